The third-order valence-corrected chi connectivity index (χ3v) is 12.6. The number of quaternary nitrogens is 1. The van der Waals surface area contributed by atoms with Gasteiger partial charge in [0.15, 0.2) is 0 Å². The average molecular weight is 798 g/mol. The molecule has 0 aliphatic rings. The van der Waals surface area contributed by atoms with E-state index in [0.717, 1.165) is 49.2 Å². The molecule has 6 nitrogen and oxygen atoms in total. The molecule has 8 heteroatoms. The van der Waals surface area contributed by atoms with Crippen LogP contribution < -0.4 is 9.80 Å². The van der Waals surface area contributed by atoms with Gasteiger partial charge >= 0.3 is 11.9 Å². The SMILES string of the molecule is C=CC(=O)OCc1ccc(N(c2ccc(C)cc2)c2sc(-c3sc([NH+](c4ccc(C)cc4)c4ccc(COC(=O)C=C)cc4)c4ccccc34)c3ccccc23)cc1. The van der Waals surface area contributed by atoms with Crippen LogP contribution in [0.15, 0.2) is 171 Å². The molecule has 0 saturated heterocycles. The molecule has 2 aromatic heterocycles. The second-order valence-electron chi connectivity index (χ2n) is 14.0. The summed E-state index contributed by atoms with van der Waals surface area (Å²) < 4.78 is 10.7. The number of ether oxygens (including phenoxy) is 2. The molecule has 0 saturated carbocycles. The zero-order valence-electron chi connectivity index (χ0n) is 32.2. The highest BCUT2D eigenvalue weighted by Crippen LogP contribution is 2.53. The lowest BCUT2D eigenvalue weighted by atomic mass is 10.1. The van der Waals surface area contributed by atoms with Crippen molar-refractivity contribution in [3.8, 4) is 9.75 Å². The monoisotopic (exact) mass is 797 g/mol. The Morgan fingerprint density at radius 1 is 0.552 bits per heavy atom. The molecule has 58 heavy (non-hydrogen) atoms. The van der Waals surface area contributed by atoms with Crippen LogP contribution in [0.5, 0.6) is 0 Å². The van der Waals surface area contributed by atoms with Crippen molar-refractivity contribution in [3.63, 3.8) is 0 Å². The van der Waals surface area contributed by atoms with E-state index in [9.17, 15) is 9.59 Å². The first-order chi connectivity index (χ1) is 28.3. The van der Waals surface area contributed by atoms with Gasteiger partial charge in [0, 0.05) is 64.0 Å². The maximum absolute atomic E-state index is 11.8. The van der Waals surface area contributed by atoms with Crippen molar-refractivity contribution in [2.45, 2.75) is 27.1 Å². The van der Waals surface area contributed by atoms with Gasteiger partial charge in [-0.3, -0.25) is 0 Å². The zero-order chi connectivity index (χ0) is 40.2. The molecule has 0 bridgehead atoms. The van der Waals surface area contributed by atoms with Crippen molar-refractivity contribution < 1.29 is 24.0 Å². The zero-order valence-corrected chi connectivity index (χ0v) is 33.9. The minimum absolute atomic E-state index is 0.173. The number of nitrogens with one attached hydrogen (secondary N) is 1. The highest BCUT2D eigenvalue weighted by molar-refractivity contribution is 7.28. The van der Waals surface area contributed by atoms with Gasteiger partial charge in [-0.25, -0.2) is 14.5 Å². The van der Waals surface area contributed by atoms with Crippen LogP contribution in [0.2, 0.25) is 0 Å². The van der Waals surface area contributed by atoms with Gasteiger partial charge in [-0.1, -0.05) is 114 Å². The minimum atomic E-state index is -0.447. The highest BCUT2D eigenvalue weighted by Gasteiger charge is 2.29. The predicted octanol–water partition coefficient (Wildman–Crippen LogP) is 12.5. The van der Waals surface area contributed by atoms with Crippen LogP contribution in [0.25, 0.3) is 31.3 Å². The molecule has 0 fully saturated rings. The van der Waals surface area contributed by atoms with Crippen molar-refractivity contribution in [2.24, 2.45) is 0 Å². The van der Waals surface area contributed by atoms with E-state index in [1.54, 1.807) is 11.3 Å². The Kier molecular flexibility index (Phi) is 11.1. The number of esters is 2. The first-order valence-corrected chi connectivity index (χ1v) is 20.6. The van der Waals surface area contributed by atoms with Crippen molar-refractivity contribution >= 4 is 88.9 Å². The number of rotatable bonds is 13. The van der Waals surface area contributed by atoms with Crippen LogP contribution in [0, 0.1) is 13.8 Å². The third-order valence-electron chi connectivity index (χ3n) is 10.0. The van der Waals surface area contributed by atoms with Gasteiger partial charge in [0.2, 0.25) is 5.00 Å². The van der Waals surface area contributed by atoms with Crippen molar-refractivity contribution in [2.75, 3.05) is 4.90 Å². The second-order valence-corrected chi connectivity index (χ2v) is 16.0. The molecule has 286 valence electrons. The predicted molar refractivity (Wildman–Crippen MR) is 240 cm³/mol. The number of anilines is 3. The molecular weight excluding hydrogens is 757 g/mol. The van der Waals surface area contributed by atoms with Crippen molar-refractivity contribution in [1.82, 2.24) is 0 Å². The summed E-state index contributed by atoms with van der Waals surface area (Å²) in [5.74, 6) is -0.890. The summed E-state index contributed by atoms with van der Waals surface area (Å²) in [5.41, 5.74) is 8.42. The summed E-state index contributed by atoms with van der Waals surface area (Å²) in [6.45, 7) is 11.6. The normalized spacial score (nSPS) is 11.6. The van der Waals surface area contributed by atoms with E-state index >= 15 is 0 Å². The number of hydrogen-bond donors (Lipinski definition) is 1. The van der Waals surface area contributed by atoms with E-state index in [2.05, 4.69) is 153 Å². The number of nitrogens with zero attached hydrogens (tertiary/aromatic N) is 1. The molecular formula is C50H41N2O4S2+. The smallest absolute Gasteiger partial charge is 0.330 e. The number of aryl methyl sites for hydroxylation is 2. The molecule has 0 spiro atoms. The fourth-order valence-corrected chi connectivity index (χ4v) is 9.86. The summed E-state index contributed by atoms with van der Waals surface area (Å²) in [6, 6.07) is 51.2. The second kappa shape index (κ2) is 16.9. The number of benzene rings is 6. The van der Waals surface area contributed by atoms with Crippen LogP contribution in [-0.2, 0) is 32.3 Å². The lowest BCUT2D eigenvalue weighted by molar-refractivity contribution is -0.676. The summed E-state index contributed by atoms with van der Waals surface area (Å²) in [7, 11) is 0. The van der Waals surface area contributed by atoms with Gasteiger partial charge in [0.25, 0.3) is 0 Å². The molecule has 8 rings (SSSR count). The van der Waals surface area contributed by atoms with Gasteiger partial charge in [-0.15, -0.1) is 11.3 Å². The number of carbonyl (C=O) groups is 2. The third kappa shape index (κ3) is 7.86. The molecule has 8 aromatic rings. The van der Waals surface area contributed by atoms with Gasteiger partial charge in [-0.05, 0) is 67.4 Å². The summed E-state index contributed by atoms with van der Waals surface area (Å²) in [6.07, 6.45) is 2.36. The van der Waals surface area contributed by atoms with Crippen LogP contribution >= 0.6 is 22.7 Å². The Labute approximate surface area is 346 Å². The van der Waals surface area contributed by atoms with Gasteiger partial charge in [0.1, 0.15) is 29.6 Å². The molecule has 1 atom stereocenters. The Bertz CT molecular complexity index is 2570. The van der Waals surface area contributed by atoms with E-state index < -0.39 is 11.9 Å². The highest BCUT2D eigenvalue weighted by atomic mass is 32.1. The molecule has 2 heterocycles. The number of thiophene rings is 2. The fraction of sp³-hybridized carbons (Fsp3) is 0.0800. The first-order valence-electron chi connectivity index (χ1n) is 18.9. The summed E-state index contributed by atoms with van der Waals surface area (Å²) in [4.78, 5) is 29.4. The largest absolute Gasteiger partial charge is 0.458 e. The Balaban J connectivity index is 1.27. The molecule has 0 radical (unpaired) electrons. The lowest BCUT2D eigenvalue weighted by Gasteiger charge is -2.24. The van der Waals surface area contributed by atoms with E-state index in [1.165, 1.54) is 54.2 Å². The molecule has 0 aliphatic heterocycles. The number of fused-ring (bicyclic) bond motifs is 2. The standard InChI is InChI=1S/C50H40N2O4S2/c1-5-45(53)55-31-35-19-27-39(28-20-35)51(37-23-15-33(3)16-24-37)49-43-13-9-7-11-41(43)47(57-49)48-42-12-8-10-14-44(42)50(58-48)52(38-25-17-34(4)18-26-38)40-29-21-36(22-30-40)32-56-46(54)6-2/h5-30H,1-2,31-32H2,3-4H3/p+1. The van der Waals surface area contributed by atoms with Crippen LogP contribution in [0.1, 0.15) is 22.3 Å². The molecule has 0 amide bonds. The van der Waals surface area contributed by atoms with Crippen LogP contribution in [0.4, 0.5) is 32.8 Å². The maximum Gasteiger partial charge on any atom is 0.330 e. The van der Waals surface area contributed by atoms with Crippen LogP contribution in [0.3, 0.4) is 0 Å². The fourth-order valence-electron chi connectivity index (χ4n) is 7.02. The summed E-state index contributed by atoms with van der Waals surface area (Å²) >= 11 is 3.61. The Morgan fingerprint density at radius 2 is 0.966 bits per heavy atom. The average Bonchev–Trinajstić information content (AvgIpc) is 3.83. The van der Waals surface area contributed by atoms with E-state index in [1.807, 2.05) is 35.6 Å². The van der Waals surface area contributed by atoms with Crippen molar-refractivity contribution in [3.05, 3.63) is 193 Å². The molecule has 0 aliphatic carbocycles. The van der Waals surface area contributed by atoms with Gasteiger partial charge < -0.3 is 14.4 Å². The molecule has 1 N–H and O–H groups in total. The van der Waals surface area contributed by atoms with Gasteiger partial charge in [-0.2, -0.15) is 0 Å². The maximum atomic E-state index is 11.8. The number of carbonyl (C=O) groups excluding carboxylic acids is 2. The molecule has 6 aromatic carbocycles. The Hall–Kier alpha value is -6.58. The lowest BCUT2D eigenvalue weighted by Crippen LogP contribution is -2.96. The van der Waals surface area contributed by atoms with E-state index in [4.69, 9.17) is 9.47 Å². The molecule has 1 unspecified atom stereocenters. The summed E-state index contributed by atoms with van der Waals surface area (Å²) in [5, 5.41) is 7.00. The topological polar surface area (TPSA) is 60.3 Å². The van der Waals surface area contributed by atoms with Gasteiger partial charge in [0.05, 0.1) is 15.1 Å². The first kappa shape index (κ1) is 38.3. The van der Waals surface area contributed by atoms with E-state index in [-0.39, 0.29) is 13.2 Å². The quantitative estimate of drug-likeness (QED) is 0.0930. The Morgan fingerprint density at radius 3 is 1.50 bits per heavy atom. The van der Waals surface area contributed by atoms with Crippen LogP contribution in [-0.4, -0.2) is 11.9 Å². The van der Waals surface area contributed by atoms with E-state index in [0.29, 0.717) is 0 Å². The van der Waals surface area contributed by atoms with Crippen molar-refractivity contribution in [1.29, 1.82) is 0 Å². The number of hydrogen-bond acceptors (Lipinski definition) is 7. The minimum Gasteiger partial charge on any atom is -0.458 e.